The van der Waals surface area contributed by atoms with Crippen LogP contribution < -0.4 is 71.1 Å². The molecule has 5 amide bonds. The number of hydrogen-bond donors (Lipinski definition) is 22. The van der Waals surface area contributed by atoms with Crippen LogP contribution in [0.3, 0.4) is 0 Å². The molecule has 6 aromatic rings. The first-order valence-electron chi connectivity index (χ1n) is 45.8. The van der Waals surface area contributed by atoms with Gasteiger partial charge in [0.2, 0.25) is 61.0 Å². The van der Waals surface area contributed by atoms with Gasteiger partial charge in [0.25, 0.3) is 5.69 Å². The van der Waals surface area contributed by atoms with Crippen LogP contribution in [0.1, 0.15) is 94.2 Å². The fourth-order valence-electron chi connectivity index (χ4n) is 15.8. The predicted octanol–water partition coefficient (Wildman–Crippen LogP) is -1.13. The van der Waals surface area contributed by atoms with E-state index in [2.05, 4.69) is 50.4 Å². The van der Waals surface area contributed by atoms with Crippen LogP contribution in [-0.2, 0) is 92.3 Å². The van der Waals surface area contributed by atoms with E-state index < -0.39 is 251 Å². The van der Waals surface area contributed by atoms with Crippen molar-refractivity contribution in [2.24, 2.45) is 11.8 Å². The van der Waals surface area contributed by atoms with Crippen molar-refractivity contribution in [2.75, 3.05) is 50.3 Å². The molecule has 46 nitrogen and oxygen atoms in total. The van der Waals surface area contributed by atoms with Gasteiger partial charge in [0.05, 0.1) is 73.7 Å². The number of carbonyl (C=O) groups is 6. The molecule has 7 heterocycles. The van der Waals surface area contributed by atoms with Crippen molar-refractivity contribution in [2.45, 2.75) is 260 Å². The predicted molar refractivity (Wildman–Crippen MR) is 505 cm³/mol. The number of anilines is 2. The van der Waals surface area contributed by atoms with Crippen LogP contribution in [0.4, 0.5) is 17.1 Å². The molecule has 29 atom stereocenters. The molecule has 0 spiro atoms. The molecule has 7 aliphatic rings. The SMILES string of the molecule is C=C(Nc1ccc(O[C@@H]2OC(CO)[C@@H](O)[C@H](O)C2NC(C)=O)cc1)c1ccc(O[C@@H]2OC(CO)[C@@H](O)[C@H](O)C2NC(C)=O)cc1.C=C(Nc1ccc(O[C@@H]2OC(COC(C)=O)[C@@H](C)[C@H](C)C2NC(C)=O)cc1)c1ccc(O[C@@H]2OC(CO)[C@@H](O)[C@H](O)C2NC(C)=O)cc1.CC(=O)N[C@@H]1C(Oc2ccc(B3OC(C)(C)C(C)(C)O3)cc2)OC(CO)C(O)C1O.O=[N+]([O-])c1ccc(OC2[CH-]C(O)C(O)C(CO)O2)cc1.[W]. The van der Waals surface area contributed by atoms with Crippen LogP contribution in [0, 0.1) is 28.4 Å². The molecule has 6 aromatic carbocycles. The summed E-state index contributed by atoms with van der Waals surface area (Å²) < 4.78 is 86.0. The second-order valence-electron chi connectivity index (χ2n) is 35.8. The Morgan fingerprint density at radius 3 is 0.951 bits per heavy atom. The summed E-state index contributed by atoms with van der Waals surface area (Å²) in [6.07, 6.45) is -24.6. The minimum atomic E-state index is -1.43. The molecule has 0 radical (unpaired) electrons. The van der Waals surface area contributed by atoms with E-state index in [-0.39, 0.29) is 51.1 Å². The Kier molecular flexibility index (Phi) is 43.0. The molecule has 0 bridgehead atoms. The van der Waals surface area contributed by atoms with Crippen LogP contribution >= 0.6 is 0 Å². The molecule has 22 N–H and O–H groups in total. The van der Waals surface area contributed by atoms with E-state index in [1.54, 1.807) is 121 Å². The number of carbonyl (C=O) groups excluding carboxylic acids is 6. The van der Waals surface area contributed by atoms with Gasteiger partial charge < -0.3 is 185 Å². The van der Waals surface area contributed by atoms with Gasteiger partial charge in [-0.05, 0) is 184 Å². The van der Waals surface area contributed by atoms with Gasteiger partial charge in [-0.3, -0.25) is 38.9 Å². The summed E-state index contributed by atoms with van der Waals surface area (Å²) in [5.41, 5.74) is 3.75. The number of nitro benzene ring substituents is 1. The first kappa shape index (κ1) is 117. The third-order valence-corrected chi connectivity index (χ3v) is 24.7. The first-order valence-corrected chi connectivity index (χ1v) is 45.8. The average molecular weight is 2200 g/mol. The third kappa shape index (κ3) is 31.2. The van der Waals surface area contributed by atoms with E-state index in [1.165, 1.54) is 72.2 Å². The van der Waals surface area contributed by atoms with Gasteiger partial charge in [-0.15, -0.1) is 0 Å². The van der Waals surface area contributed by atoms with Crippen LogP contribution in [0.2, 0.25) is 0 Å². The number of benzene rings is 6. The number of nitrogens with one attached hydrogen (secondary N) is 7. The van der Waals surface area contributed by atoms with Crippen molar-refractivity contribution in [1.29, 1.82) is 0 Å². The molecule has 16 unspecified atom stereocenters. The molecule has 48 heteroatoms. The zero-order valence-corrected chi connectivity index (χ0v) is 83.8. The Morgan fingerprint density at radius 2 is 0.653 bits per heavy atom. The van der Waals surface area contributed by atoms with Crippen molar-refractivity contribution >= 4 is 76.5 Å². The molecule has 7 fully saturated rings. The number of aliphatic hydroxyl groups excluding tert-OH is 15. The maximum Gasteiger partial charge on any atom is 0.494 e. The fraction of sp³-hybridized carbons (Fsp3) is 0.510. The molecule has 790 valence electrons. The standard InChI is InChI=1S/C34H45N3O11.C30H39N3O12.C20H30BNO8.C12H14NO7.W/c1-17-18(2)29(36-20(4)39)33(48-28(17)16-44-22(6)41)45-26-13-9-24(10-14-26)35-19(3)23-7-11-25(12-8-23)46-34-30(37-21(5)40)32(43)31(42)27(15-38)47-34;1-14(17-4-8-19(9-5-17)42-29-23(32-15(2)36)27(40)25(38)21(12-34)44-29)31-18-6-10-20(11-7-18)43-30-24(33-16(3)37)28(41)26(39)22(13-35)45-30;1-11(24)22-15-17(26)16(25)14(10-23)28-18(15)27-13-8-6-12(7-9-13)21-29-19(2,3)20(4,5)30-21;14-6-10-12(16)9(15)5-11(20-10)19-8-3-1-7(2-4-8)13(17)18;/h7-14,17-18,27-35,38,42-43H,3,15-16H2,1-2,4-6H3,(H,36,39)(H,37,40);4-11,21-31,34-35,38-41H,1,12-13H2,2-3H3,(H,32,36)(H,33,37);6-9,14-18,23,25-26H,10H2,1-5H3,(H,22,24);1-5,9-12,14-16H,6H2;/q;;;-1;/t17-,18-,27?,28?,29?,30?,31+,32+,33+,34+;21?,22?,23?,24?,25-,26-,27-,28-,29-,30-;14?,15-,16?,17?,18?;;/m010../s1. The molecule has 144 heavy (non-hydrogen) atoms. The largest absolute Gasteiger partial charge is 0.496 e. The second kappa shape index (κ2) is 53.0. The normalized spacial score (nSPS) is 30.8. The summed E-state index contributed by atoms with van der Waals surface area (Å²) >= 11 is 0. The summed E-state index contributed by atoms with van der Waals surface area (Å²) in [6, 6.07) is 34.9. The number of hydrogen-bond acceptors (Lipinski definition) is 40. The van der Waals surface area contributed by atoms with Gasteiger partial charge in [-0.25, -0.2) is 6.42 Å². The number of ether oxygens (including phenoxy) is 13. The molecule has 0 aliphatic carbocycles. The molecule has 13 rings (SSSR count). The Labute approximate surface area is 844 Å². The van der Waals surface area contributed by atoms with Gasteiger partial charge in [-0.1, -0.05) is 39.1 Å². The van der Waals surface area contributed by atoms with Crippen LogP contribution in [0.25, 0.3) is 11.4 Å². The molecule has 0 saturated carbocycles. The Hall–Kier alpha value is -10.7. The zero-order valence-electron chi connectivity index (χ0n) is 80.9. The summed E-state index contributed by atoms with van der Waals surface area (Å²) in [5, 5.41) is 178. The smallest absolute Gasteiger partial charge is 0.494 e. The Morgan fingerprint density at radius 1 is 0.382 bits per heavy atom. The van der Waals surface area contributed by atoms with Gasteiger partial charge in [0, 0.05) is 97.5 Å². The van der Waals surface area contributed by atoms with E-state index in [0.717, 1.165) is 16.7 Å². The zero-order chi connectivity index (χ0) is 105. The molecule has 7 aliphatic heterocycles. The number of nitrogens with zero attached hydrogens (tertiary/aromatic N) is 1. The van der Waals surface area contributed by atoms with Crippen LogP contribution in [0.15, 0.2) is 159 Å². The van der Waals surface area contributed by atoms with Gasteiger partial charge in [-0.2, -0.15) is 0 Å². The van der Waals surface area contributed by atoms with E-state index in [4.69, 9.17) is 76.0 Å². The Balaban J connectivity index is 0.000000223. The third-order valence-electron chi connectivity index (χ3n) is 24.7. The van der Waals surface area contributed by atoms with Crippen LogP contribution in [0.5, 0.6) is 34.5 Å². The van der Waals surface area contributed by atoms with Crippen molar-refractivity contribution in [3.05, 3.63) is 186 Å². The molecular weight excluding hydrogens is 2070 g/mol. The molecule has 7 saturated heterocycles. The van der Waals surface area contributed by atoms with Crippen molar-refractivity contribution < 1.29 is 202 Å². The summed E-state index contributed by atoms with van der Waals surface area (Å²) in [7, 11) is -0.516. The first-order chi connectivity index (χ1) is 67.6. The van der Waals surface area contributed by atoms with Crippen molar-refractivity contribution in [1.82, 2.24) is 26.6 Å². The van der Waals surface area contributed by atoms with E-state index >= 15 is 0 Å². The van der Waals surface area contributed by atoms with E-state index in [9.17, 15) is 110 Å². The minimum Gasteiger partial charge on any atom is -0.496 e. The summed E-state index contributed by atoms with van der Waals surface area (Å²) in [6.45, 7) is 25.3. The average Bonchev–Trinajstić information content (AvgIpc) is 1.62. The van der Waals surface area contributed by atoms with Gasteiger partial charge in [0.15, 0.2) is 0 Å². The molecular formula is C96H128BN8O38W-. The topological polar surface area (TPSA) is 672 Å². The quantitative estimate of drug-likeness (QED) is 0.00781. The number of amides is 5. The monoisotopic (exact) mass is 2200 g/mol. The summed E-state index contributed by atoms with van der Waals surface area (Å²) in [5.74, 6) is -0.210. The number of aliphatic hydroxyl groups is 15. The maximum atomic E-state index is 12.0. The fourth-order valence-corrected chi connectivity index (χ4v) is 15.8. The van der Waals surface area contributed by atoms with Crippen LogP contribution in [-0.4, -0.2) is 341 Å². The number of esters is 1. The van der Waals surface area contributed by atoms with Gasteiger partial charge in [0.1, 0.15) is 145 Å². The number of non-ortho nitro benzene ring substituents is 1. The summed E-state index contributed by atoms with van der Waals surface area (Å²) in [4.78, 5) is 79.9. The maximum absolute atomic E-state index is 12.0. The molecule has 0 aromatic heterocycles. The van der Waals surface area contributed by atoms with Crippen molar-refractivity contribution in [3.8, 4) is 34.5 Å². The van der Waals surface area contributed by atoms with E-state index in [0.29, 0.717) is 57.1 Å². The number of rotatable bonds is 32. The number of nitro groups is 1. The van der Waals surface area contributed by atoms with Crippen molar-refractivity contribution in [3.63, 3.8) is 0 Å². The second-order valence-corrected chi connectivity index (χ2v) is 35.8. The Bertz CT molecular complexity index is 5150. The van der Waals surface area contributed by atoms with E-state index in [1.807, 2.05) is 41.5 Å². The van der Waals surface area contributed by atoms with Gasteiger partial charge >= 0.3 is 13.1 Å². The minimum absolute atomic E-state index is 0.